The molecule has 1 aromatic rings. The lowest BCUT2D eigenvalue weighted by Gasteiger charge is -2.52. The molecule has 0 amide bonds. The molecule has 2 bridgehead atoms. The average molecular weight is 302 g/mol. The minimum Gasteiger partial charge on any atom is -0.327 e. The Morgan fingerprint density at radius 3 is 2.14 bits per heavy atom. The molecule has 3 fully saturated rings. The maximum Gasteiger partial charge on any atom is 0.0871 e. The number of nitrogens with two attached hydrogens (primary N) is 2. The molecule has 0 saturated heterocycles. The summed E-state index contributed by atoms with van der Waals surface area (Å²) in [5, 5.41) is 0. The van der Waals surface area contributed by atoms with Crippen LogP contribution < -0.4 is 11.5 Å². The van der Waals surface area contributed by atoms with Gasteiger partial charge in [0.05, 0.1) is 6.33 Å². The van der Waals surface area contributed by atoms with Crippen molar-refractivity contribution in [2.24, 2.45) is 11.5 Å². The highest BCUT2D eigenvalue weighted by molar-refractivity contribution is 5.32. The fourth-order valence-corrected chi connectivity index (χ4v) is 4.18. The lowest BCUT2D eigenvalue weighted by Crippen LogP contribution is -2.53. The number of benzene rings is 1. The van der Waals surface area contributed by atoms with E-state index in [0.29, 0.717) is 30.3 Å². The zero-order chi connectivity index (χ0) is 15.6. The van der Waals surface area contributed by atoms with E-state index in [1.54, 1.807) is 0 Å². The molecule has 0 aromatic heterocycles. The number of fused-ring (bicyclic) bond motifs is 3. The second-order valence-corrected chi connectivity index (χ2v) is 7.31. The van der Waals surface area contributed by atoms with Crippen LogP contribution in [-0.4, -0.2) is 12.1 Å². The molecule has 0 spiro atoms. The van der Waals surface area contributed by atoms with Gasteiger partial charge in [0.1, 0.15) is 0 Å². The number of hydrogen-bond donors (Lipinski definition) is 2. The first kappa shape index (κ1) is 15.7. The summed E-state index contributed by atoms with van der Waals surface area (Å²) < 4.78 is 12.5. The summed E-state index contributed by atoms with van der Waals surface area (Å²) in [7, 11) is 0. The van der Waals surface area contributed by atoms with E-state index in [0.717, 1.165) is 25.7 Å². The maximum atomic E-state index is 12.5. The van der Waals surface area contributed by atoms with Gasteiger partial charge in [0.2, 0.25) is 0 Å². The number of halogens is 1. The molecule has 3 aliphatic rings. The van der Waals surface area contributed by atoms with E-state index in [4.69, 9.17) is 11.5 Å². The third-order valence-electron chi connectivity index (χ3n) is 6.02. The van der Waals surface area contributed by atoms with E-state index < -0.39 is 0 Å². The first-order valence-electron chi connectivity index (χ1n) is 8.46. The molecular formula is C19H27FN2. The predicted octanol–water partition coefficient (Wildman–Crippen LogP) is 3.73. The van der Waals surface area contributed by atoms with Gasteiger partial charge in [-0.05, 0) is 73.5 Å². The molecule has 3 aliphatic carbocycles. The van der Waals surface area contributed by atoms with Crippen molar-refractivity contribution in [2.75, 3.05) is 6.54 Å². The van der Waals surface area contributed by atoms with Gasteiger partial charge in [-0.3, -0.25) is 0 Å². The summed E-state index contributed by atoms with van der Waals surface area (Å²) >= 11 is 0. The van der Waals surface area contributed by atoms with E-state index in [1.807, 2.05) is 0 Å². The number of hydrogen-bond acceptors (Lipinski definition) is 2. The Bertz CT molecular complexity index is 523. The monoisotopic (exact) mass is 302 g/mol. The highest BCUT2D eigenvalue weighted by Crippen LogP contribution is 2.52. The van der Waals surface area contributed by atoms with Crippen LogP contribution in [0.4, 0.5) is 4.39 Å². The molecule has 0 unspecified atom stereocenters. The van der Waals surface area contributed by atoms with Crippen LogP contribution in [0.1, 0.15) is 56.1 Å². The van der Waals surface area contributed by atoms with Crippen molar-refractivity contribution in [3.63, 3.8) is 0 Å². The summed E-state index contributed by atoms with van der Waals surface area (Å²) in [5.74, 6) is 0. The molecule has 0 radical (unpaired) electrons. The SMILES string of the molecule is NC/C(=C\F)CCc1ccc(C23CCC(N)(CC2)CC3)cc1. The van der Waals surface area contributed by atoms with Gasteiger partial charge in [0.15, 0.2) is 0 Å². The van der Waals surface area contributed by atoms with Gasteiger partial charge >= 0.3 is 0 Å². The molecule has 3 heteroatoms. The molecule has 22 heavy (non-hydrogen) atoms. The van der Waals surface area contributed by atoms with Crippen LogP contribution in [0.3, 0.4) is 0 Å². The van der Waals surface area contributed by atoms with Crippen molar-refractivity contribution in [3.05, 3.63) is 47.3 Å². The van der Waals surface area contributed by atoms with E-state index in [1.165, 1.54) is 30.4 Å². The topological polar surface area (TPSA) is 52.0 Å². The molecule has 2 nitrogen and oxygen atoms in total. The van der Waals surface area contributed by atoms with Gasteiger partial charge in [-0.1, -0.05) is 24.3 Å². The summed E-state index contributed by atoms with van der Waals surface area (Å²) in [4.78, 5) is 0. The van der Waals surface area contributed by atoms with Gasteiger partial charge in [0.25, 0.3) is 0 Å². The smallest absolute Gasteiger partial charge is 0.0871 e. The first-order valence-corrected chi connectivity index (χ1v) is 8.46. The Kier molecular flexibility index (Phi) is 4.37. The summed E-state index contributed by atoms with van der Waals surface area (Å²) in [6, 6.07) is 8.97. The largest absolute Gasteiger partial charge is 0.327 e. The Labute approximate surface area is 132 Å². The number of aryl methyl sites for hydroxylation is 1. The Morgan fingerprint density at radius 2 is 1.64 bits per heavy atom. The Morgan fingerprint density at radius 1 is 1.05 bits per heavy atom. The van der Waals surface area contributed by atoms with Crippen molar-refractivity contribution in [1.29, 1.82) is 0 Å². The quantitative estimate of drug-likeness (QED) is 0.870. The van der Waals surface area contributed by atoms with Crippen molar-refractivity contribution < 1.29 is 4.39 Å². The minimum atomic E-state index is 0.124. The zero-order valence-corrected chi connectivity index (χ0v) is 13.3. The fraction of sp³-hybridized carbons (Fsp3) is 0.579. The maximum absolute atomic E-state index is 12.5. The van der Waals surface area contributed by atoms with Crippen molar-refractivity contribution in [3.8, 4) is 0 Å². The van der Waals surface area contributed by atoms with Gasteiger partial charge < -0.3 is 11.5 Å². The van der Waals surface area contributed by atoms with E-state index in [2.05, 4.69) is 24.3 Å². The lowest BCUT2D eigenvalue weighted by atomic mass is 9.55. The molecule has 0 heterocycles. The normalized spacial score (nSPS) is 31.5. The first-order chi connectivity index (χ1) is 10.6. The molecule has 0 atom stereocenters. The molecule has 0 aliphatic heterocycles. The average Bonchev–Trinajstić information content (AvgIpc) is 2.57. The number of rotatable bonds is 5. The molecule has 3 saturated carbocycles. The van der Waals surface area contributed by atoms with Crippen LogP contribution in [0, 0.1) is 0 Å². The Balaban J connectivity index is 1.67. The van der Waals surface area contributed by atoms with E-state index >= 15 is 0 Å². The zero-order valence-electron chi connectivity index (χ0n) is 13.3. The van der Waals surface area contributed by atoms with Gasteiger partial charge in [-0.25, -0.2) is 4.39 Å². The second-order valence-electron chi connectivity index (χ2n) is 7.31. The van der Waals surface area contributed by atoms with Crippen LogP contribution in [-0.2, 0) is 11.8 Å². The van der Waals surface area contributed by atoms with Crippen molar-refractivity contribution in [1.82, 2.24) is 0 Å². The van der Waals surface area contributed by atoms with Crippen LogP contribution in [0.5, 0.6) is 0 Å². The molecule has 4 rings (SSSR count). The molecule has 1 aromatic carbocycles. The van der Waals surface area contributed by atoms with Gasteiger partial charge in [-0.15, -0.1) is 0 Å². The molecule has 120 valence electrons. The third-order valence-corrected chi connectivity index (χ3v) is 6.02. The van der Waals surface area contributed by atoms with Gasteiger partial charge in [-0.2, -0.15) is 0 Å². The fourth-order valence-electron chi connectivity index (χ4n) is 4.18. The standard InChI is InChI=1S/C19H27FN2/c20-13-16(14-21)2-1-15-3-5-17(6-4-15)18-7-10-19(22,11-8-18)12-9-18/h3-6,13H,1-2,7-12,14,21-22H2/b16-13-. The molecule has 4 N–H and O–H groups in total. The second kappa shape index (κ2) is 6.13. The summed E-state index contributed by atoms with van der Waals surface area (Å²) in [5.41, 5.74) is 15.8. The van der Waals surface area contributed by atoms with Crippen LogP contribution >= 0.6 is 0 Å². The minimum absolute atomic E-state index is 0.124. The highest BCUT2D eigenvalue weighted by Gasteiger charge is 2.47. The highest BCUT2D eigenvalue weighted by atomic mass is 19.1. The van der Waals surface area contributed by atoms with Crippen molar-refractivity contribution in [2.45, 2.75) is 62.3 Å². The van der Waals surface area contributed by atoms with E-state index in [-0.39, 0.29) is 5.54 Å². The lowest BCUT2D eigenvalue weighted by molar-refractivity contribution is 0.107. The van der Waals surface area contributed by atoms with Crippen LogP contribution in [0.15, 0.2) is 36.2 Å². The van der Waals surface area contributed by atoms with Crippen LogP contribution in [0.2, 0.25) is 0 Å². The molecular weight excluding hydrogens is 275 g/mol. The van der Waals surface area contributed by atoms with Gasteiger partial charge in [0, 0.05) is 12.1 Å². The predicted molar refractivity (Wildman–Crippen MR) is 89.3 cm³/mol. The van der Waals surface area contributed by atoms with E-state index in [9.17, 15) is 4.39 Å². The van der Waals surface area contributed by atoms with Crippen LogP contribution in [0.25, 0.3) is 0 Å². The Hall–Kier alpha value is -1.19. The van der Waals surface area contributed by atoms with Crippen molar-refractivity contribution >= 4 is 0 Å². The third kappa shape index (κ3) is 2.97. The summed E-state index contributed by atoms with van der Waals surface area (Å²) in [6.45, 7) is 0.304. The summed E-state index contributed by atoms with van der Waals surface area (Å²) in [6.07, 6.45) is 9.37.